The monoisotopic (exact) mass is 292 g/mol. The Morgan fingerprint density at radius 2 is 2.19 bits per heavy atom. The van der Waals surface area contributed by atoms with Gasteiger partial charge in [0.1, 0.15) is 11.3 Å². The minimum absolute atomic E-state index is 0.343. The van der Waals surface area contributed by atoms with E-state index in [9.17, 15) is 4.79 Å². The Kier molecular flexibility index (Phi) is 4.74. The minimum Gasteiger partial charge on any atom is -0.462 e. The largest absolute Gasteiger partial charge is 0.462 e. The molecule has 0 fully saturated rings. The average Bonchev–Trinajstić information content (AvgIpc) is 2.95. The Bertz CT molecular complexity index is 611. The van der Waals surface area contributed by atoms with Crippen molar-refractivity contribution in [2.75, 3.05) is 6.61 Å². The van der Waals surface area contributed by atoms with Gasteiger partial charge in [0, 0.05) is 13.6 Å². The lowest BCUT2D eigenvalue weighted by Crippen LogP contribution is -2.18. The summed E-state index contributed by atoms with van der Waals surface area (Å²) in [6, 6.07) is 0. The van der Waals surface area contributed by atoms with Crippen molar-refractivity contribution in [1.82, 2.24) is 20.1 Å². The number of hydrogen-bond acceptors (Lipinski definition) is 6. The third kappa shape index (κ3) is 3.49. The fourth-order valence-electron chi connectivity index (χ4n) is 1.95. The van der Waals surface area contributed by atoms with Gasteiger partial charge in [-0.25, -0.2) is 9.78 Å². The Morgan fingerprint density at radius 1 is 1.43 bits per heavy atom. The highest BCUT2D eigenvalue weighted by atomic mass is 16.5. The van der Waals surface area contributed by atoms with Gasteiger partial charge in [-0.2, -0.15) is 5.10 Å². The second-order valence-corrected chi connectivity index (χ2v) is 4.70. The third-order valence-corrected chi connectivity index (χ3v) is 3.20. The van der Waals surface area contributed by atoms with E-state index in [-0.39, 0.29) is 5.97 Å². The number of hydrogen-bond donors (Lipinski definition) is 1. The molecule has 1 N–H and O–H groups in total. The fraction of sp³-hybridized carbons (Fsp3) is 0.500. The lowest BCUT2D eigenvalue weighted by atomic mass is 10.2. The Morgan fingerprint density at radius 3 is 2.81 bits per heavy atom. The molecular weight excluding hydrogens is 272 g/mol. The van der Waals surface area contributed by atoms with Crippen LogP contribution in [0.5, 0.6) is 0 Å². The molecule has 0 radical (unpaired) electrons. The Hall–Kier alpha value is -2.15. The molecule has 0 amide bonds. The topological polar surface area (TPSA) is 82.2 Å². The van der Waals surface area contributed by atoms with Gasteiger partial charge in [0.05, 0.1) is 30.7 Å². The predicted octanol–water partition coefficient (Wildman–Crippen LogP) is 1.49. The highest BCUT2D eigenvalue weighted by Gasteiger charge is 2.17. The smallest absolute Gasteiger partial charge is 0.341 e. The maximum absolute atomic E-state index is 11.8. The highest BCUT2D eigenvalue weighted by Crippen LogP contribution is 2.11. The Balaban J connectivity index is 1.99. The summed E-state index contributed by atoms with van der Waals surface area (Å²) in [5, 5.41) is 7.30. The van der Waals surface area contributed by atoms with E-state index in [4.69, 9.17) is 9.15 Å². The highest BCUT2D eigenvalue weighted by molar-refractivity contribution is 5.90. The number of oxazole rings is 1. The SMILES string of the molecule is CCOC(=O)c1cnn(C)c1CNCc1nc(C)c(C)o1. The molecule has 0 unspecified atom stereocenters. The summed E-state index contributed by atoms with van der Waals surface area (Å²) >= 11 is 0. The first kappa shape index (κ1) is 15.2. The van der Waals surface area contributed by atoms with Crippen LogP contribution in [0.2, 0.25) is 0 Å². The van der Waals surface area contributed by atoms with Crippen LogP contribution in [0.4, 0.5) is 0 Å². The van der Waals surface area contributed by atoms with Crippen LogP contribution in [0, 0.1) is 13.8 Å². The lowest BCUT2D eigenvalue weighted by molar-refractivity contribution is 0.0524. The summed E-state index contributed by atoms with van der Waals surface area (Å²) in [7, 11) is 1.79. The van der Waals surface area contributed by atoms with Gasteiger partial charge in [-0.3, -0.25) is 4.68 Å². The number of nitrogens with zero attached hydrogens (tertiary/aromatic N) is 3. The molecule has 2 aromatic heterocycles. The fourth-order valence-corrected chi connectivity index (χ4v) is 1.95. The van der Waals surface area contributed by atoms with Crippen molar-refractivity contribution >= 4 is 5.97 Å². The molecule has 0 bridgehead atoms. The number of ether oxygens (including phenoxy) is 1. The van der Waals surface area contributed by atoms with Crippen LogP contribution in [0.1, 0.15) is 40.3 Å². The summed E-state index contributed by atoms with van der Waals surface area (Å²) < 4.78 is 12.2. The molecule has 2 rings (SSSR count). The number of rotatable bonds is 6. The van der Waals surface area contributed by atoms with Gasteiger partial charge in [0.2, 0.25) is 5.89 Å². The lowest BCUT2D eigenvalue weighted by Gasteiger charge is -2.06. The van der Waals surface area contributed by atoms with Gasteiger partial charge in [-0.05, 0) is 20.8 Å². The van der Waals surface area contributed by atoms with E-state index >= 15 is 0 Å². The molecule has 7 nitrogen and oxygen atoms in total. The molecule has 0 spiro atoms. The zero-order chi connectivity index (χ0) is 15.4. The first-order chi connectivity index (χ1) is 10.0. The second kappa shape index (κ2) is 6.53. The molecule has 0 saturated carbocycles. The molecule has 0 saturated heterocycles. The molecule has 7 heteroatoms. The molecule has 0 aliphatic rings. The quantitative estimate of drug-likeness (QED) is 0.812. The van der Waals surface area contributed by atoms with Crippen molar-refractivity contribution in [3.05, 3.63) is 34.8 Å². The van der Waals surface area contributed by atoms with E-state index in [1.807, 2.05) is 13.8 Å². The maximum atomic E-state index is 11.8. The molecule has 0 aromatic carbocycles. The molecule has 114 valence electrons. The number of aryl methyl sites for hydroxylation is 3. The van der Waals surface area contributed by atoms with Crippen molar-refractivity contribution < 1.29 is 13.9 Å². The van der Waals surface area contributed by atoms with Crippen LogP contribution in [0.3, 0.4) is 0 Å². The van der Waals surface area contributed by atoms with Gasteiger partial charge in [-0.15, -0.1) is 0 Å². The summed E-state index contributed by atoms with van der Waals surface area (Å²) in [6.45, 7) is 6.87. The van der Waals surface area contributed by atoms with Gasteiger partial charge >= 0.3 is 5.97 Å². The molecule has 0 aliphatic heterocycles. The number of esters is 1. The van der Waals surface area contributed by atoms with Crippen LogP contribution < -0.4 is 5.32 Å². The summed E-state index contributed by atoms with van der Waals surface area (Å²) in [5.41, 5.74) is 2.14. The molecule has 0 atom stereocenters. The van der Waals surface area contributed by atoms with Gasteiger partial charge in [0.25, 0.3) is 0 Å². The maximum Gasteiger partial charge on any atom is 0.341 e. The van der Waals surface area contributed by atoms with E-state index in [0.29, 0.717) is 31.2 Å². The van der Waals surface area contributed by atoms with Crippen LogP contribution in [0.15, 0.2) is 10.6 Å². The van der Waals surface area contributed by atoms with Crippen molar-refractivity contribution in [2.45, 2.75) is 33.9 Å². The van der Waals surface area contributed by atoms with E-state index in [2.05, 4.69) is 15.4 Å². The first-order valence-corrected chi connectivity index (χ1v) is 6.84. The predicted molar refractivity (Wildman–Crippen MR) is 75.7 cm³/mol. The van der Waals surface area contributed by atoms with E-state index in [1.54, 1.807) is 18.7 Å². The standard InChI is InChI=1S/C14H20N4O3/c1-5-20-14(19)11-6-16-18(4)12(11)7-15-8-13-17-9(2)10(3)21-13/h6,15H,5,7-8H2,1-4H3. The summed E-state index contributed by atoms with van der Waals surface area (Å²) in [4.78, 5) is 16.1. The van der Waals surface area contributed by atoms with Crippen LogP contribution in [0.25, 0.3) is 0 Å². The van der Waals surface area contributed by atoms with E-state index in [0.717, 1.165) is 17.1 Å². The molecule has 21 heavy (non-hydrogen) atoms. The van der Waals surface area contributed by atoms with Crippen LogP contribution in [-0.4, -0.2) is 27.3 Å². The number of carbonyl (C=O) groups is 1. The van der Waals surface area contributed by atoms with Gasteiger partial charge in [-0.1, -0.05) is 0 Å². The second-order valence-electron chi connectivity index (χ2n) is 4.70. The molecule has 2 aromatic rings. The van der Waals surface area contributed by atoms with Gasteiger partial charge < -0.3 is 14.5 Å². The van der Waals surface area contributed by atoms with E-state index < -0.39 is 0 Å². The first-order valence-electron chi connectivity index (χ1n) is 6.84. The van der Waals surface area contributed by atoms with Gasteiger partial charge in [0.15, 0.2) is 0 Å². The molecule has 0 aliphatic carbocycles. The van der Waals surface area contributed by atoms with Crippen molar-refractivity contribution in [1.29, 1.82) is 0 Å². The normalized spacial score (nSPS) is 10.9. The molecular formula is C14H20N4O3. The number of aromatic nitrogens is 3. The molecule has 2 heterocycles. The number of carbonyl (C=O) groups excluding carboxylic acids is 1. The van der Waals surface area contributed by atoms with Crippen molar-refractivity contribution in [2.24, 2.45) is 7.05 Å². The third-order valence-electron chi connectivity index (χ3n) is 3.20. The zero-order valence-electron chi connectivity index (χ0n) is 12.8. The Labute approximate surface area is 123 Å². The van der Waals surface area contributed by atoms with Crippen LogP contribution in [-0.2, 0) is 24.9 Å². The zero-order valence-corrected chi connectivity index (χ0v) is 12.8. The summed E-state index contributed by atoms with van der Waals surface area (Å²) in [6.07, 6.45) is 1.52. The van der Waals surface area contributed by atoms with Crippen molar-refractivity contribution in [3.8, 4) is 0 Å². The number of nitrogens with one attached hydrogen (secondary N) is 1. The van der Waals surface area contributed by atoms with Crippen molar-refractivity contribution in [3.63, 3.8) is 0 Å². The average molecular weight is 292 g/mol. The van der Waals surface area contributed by atoms with E-state index in [1.165, 1.54) is 6.20 Å². The summed E-state index contributed by atoms with van der Waals surface area (Å²) in [5.74, 6) is 1.09. The minimum atomic E-state index is -0.356. The van der Waals surface area contributed by atoms with Crippen LogP contribution >= 0.6 is 0 Å².